The van der Waals surface area contributed by atoms with E-state index in [1.165, 1.54) is 0 Å². The fraction of sp³-hybridized carbons (Fsp3) is 0.462. The molecule has 1 amide bonds. The molecular formula is C13H16Cl2N2OS. The molecule has 0 spiro atoms. The van der Waals surface area contributed by atoms with E-state index in [9.17, 15) is 4.79 Å². The van der Waals surface area contributed by atoms with Crippen LogP contribution in [0.25, 0.3) is 0 Å². The van der Waals surface area contributed by atoms with Crippen LogP contribution in [0, 0.1) is 0 Å². The normalized spacial score (nSPS) is 16.3. The molecule has 1 aromatic rings. The second-order valence-corrected chi connectivity index (χ2v) is 6.57. The molecule has 1 aromatic carbocycles. The highest BCUT2D eigenvalue weighted by atomic mass is 35.5. The van der Waals surface area contributed by atoms with E-state index in [-0.39, 0.29) is 5.91 Å². The zero-order valence-electron chi connectivity index (χ0n) is 10.4. The highest BCUT2D eigenvalue weighted by Gasteiger charge is 2.15. The lowest BCUT2D eigenvalue weighted by molar-refractivity contribution is -0.113. The van der Waals surface area contributed by atoms with Crippen LogP contribution in [-0.4, -0.2) is 30.0 Å². The summed E-state index contributed by atoms with van der Waals surface area (Å²) >= 11 is 13.6. The van der Waals surface area contributed by atoms with Gasteiger partial charge in [0.05, 0.1) is 16.5 Å². The molecule has 1 aliphatic rings. The monoisotopic (exact) mass is 318 g/mol. The third-order valence-corrected chi connectivity index (χ3v) is 4.88. The predicted octanol–water partition coefficient (Wildman–Crippen LogP) is 3.42. The van der Waals surface area contributed by atoms with Crippen molar-refractivity contribution in [3.63, 3.8) is 0 Å². The Labute approximate surface area is 127 Å². The average Bonchev–Trinajstić information content (AvgIpc) is 2.42. The lowest BCUT2D eigenvalue weighted by atomic mass is 10.2. The van der Waals surface area contributed by atoms with Crippen molar-refractivity contribution in [2.24, 2.45) is 0 Å². The summed E-state index contributed by atoms with van der Waals surface area (Å²) in [6.07, 6.45) is 2.24. The van der Waals surface area contributed by atoms with E-state index in [0.717, 1.165) is 25.9 Å². The van der Waals surface area contributed by atoms with Crippen molar-refractivity contribution < 1.29 is 4.79 Å². The topological polar surface area (TPSA) is 41.1 Å². The van der Waals surface area contributed by atoms with Crippen LogP contribution in [-0.2, 0) is 4.79 Å². The van der Waals surface area contributed by atoms with E-state index in [1.807, 2.05) is 0 Å². The van der Waals surface area contributed by atoms with E-state index in [1.54, 1.807) is 30.0 Å². The van der Waals surface area contributed by atoms with Gasteiger partial charge in [-0.3, -0.25) is 4.79 Å². The van der Waals surface area contributed by atoms with Crippen LogP contribution < -0.4 is 10.6 Å². The molecule has 1 heterocycles. The lowest BCUT2D eigenvalue weighted by Crippen LogP contribution is -2.30. The van der Waals surface area contributed by atoms with Gasteiger partial charge in [0.25, 0.3) is 0 Å². The Morgan fingerprint density at radius 3 is 2.84 bits per heavy atom. The van der Waals surface area contributed by atoms with Crippen molar-refractivity contribution in [2.45, 2.75) is 18.1 Å². The first-order chi connectivity index (χ1) is 9.15. The van der Waals surface area contributed by atoms with Gasteiger partial charge in [-0.25, -0.2) is 0 Å². The van der Waals surface area contributed by atoms with Gasteiger partial charge < -0.3 is 10.6 Å². The fourth-order valence-corrected chi connectivity index (χ4v) is 3.30. The zero-order valence-corrected chi connectivity index (χ0v) is 12.7. The Morgan fingerprint density at radius 1 is 1.37 bits per heavy atom. The average molecular weight is 319 g/mol. The summed E-state index contributed by atoms with van der Waals surface area (Å²) in [5.74, 6) is 0.417. The number of rotatable bonds is 4. The molecule has 1 aliphatic heterocycles. The molecule has 0 aromatic heterocycles. The summed E-state index contributed by atoms with van der Waals surface area (Å²) in [5.41, 5.74) is 0.574. The summed E-state index contributed by atoms with van der Waals surface area (Å²) in [5, 5.41) is 7.74. The zero-order chi connectivity index (χ0) is 13.7. The summed E-state index contributed by atoms with van der Waals surface area (Å²) in [4.78, 5) is 11.9. The van der Waals surface area contributed by atoms with Crippen LogP contribution in [0.2, 0.25) is 10.0 Å². The molecular weight excluding hydrogens is 303 g/mol. The van der Waals surface area contributed by atoms with Crippen molar-refractivity contribution in [2.75, 3.05) is 24.2 Å². The maximum Gasteiger partial charge on any atom is 0.234 e. The SMILES string of the molecule is O=C(CSC1CCNCC1)Nc1cc(Cl)ccc1Cl. The molecule has 0 unspecified atom stereocenters. The van der Waals surface area contributed by atoms with E-state index in [2.05, 4.69) is 10.6 Å². The minimum absolute atomic E-state index is 0.0345. The van der Waals surface area contributed by atoms with Gasteiger partial charge in [-0.15, -0.1) is 11.8 Å². The van der Waals surface area contributed by atoms with Gasteiger partial charge in [0.1, 0.15) is 0 Å². The number of anilines is 1. The van der Waals surface area contributed by atoms with Crippen molar-refractivity contribution in [1.82, 2.24) is 5.32 Å². The molecule has 19 heavy (non-hydrogen) atoms. The van der Waals surface area contributed by atoms with Crippen molar-refractivity contribution in [1.29, 1.82) is 0 Å². The van der Waals surface area contributed by atoms with Gasteiger partial charge in [0.15, 0.2) is 0 Å². The standard InChI is InChI=1S/C13H16Cl2N2OS/c14-9-1-2-11(15)12(7-9)17-13(18)8-19-10-3-5-16-6-4-10/h1-2,7,10,16H,3-6,8H2,(H,17,18). The van der Waals surface area contributed by atoms with Crippen LogP contribution in [0.15, 0.2) is 18.2 Å². The van der Waals surface area contributed by atoms with Gasteiger partial charge in [0.2, 0.25) is 5.91 Å². The Balaban J connectivity index is 1.81. The summed E-state index contributed by atoms with van der Waals surface area (Å²) in [7, 11) is 0. The van der Waals surface area contributed by atoms with Gasteiger partial charge >= 0.3 is 0 Å². The molecule has 1 fully saturated rings. The quantitative estimate of drug-likeness (QED) is 0.893. The first-order valence-electron chi connectivity index (χ1n) is 6.22. The van der Waals surface area contributed by atoms with E-state index < -0.39 is 0 Å². The first-order valence-corrected chi connectivity index (χ1v) is 8.03. The Kier molecular flexibility index (Phi) is 5.82. The van der Waals surface area contributed by atoms with Crippen LogP contribution >= 0.6 is 35.0 Å². The van der Waals surface area contributed by atoms with E-state index >= 15 is 0 Å². The molecule has 0 radical (unpaired) electrons. The third kappa shape index (κ3) is 4.88. The second kappa shape index (κ2) is 7.39. The van der Waals surface area contributed by atoms with Gasteiger partial charge in [-0.1, -0.05) is 23.2 Å². The molecule has 0 atom stereocenters. The van der Waals surface area contributed by atoms with E-state index in [0.29, 0.717) is 26.7 Å². The summed E-state index contributed by atoms with van der Waals surface area (Å²) < 4.78 is 0. The number of benzene rings is 1. The highest BCUT2D eigenvalue weighted by Crippen LogP contribution is 2.26. The molecule has 6 heteroatoms. The number of carbonyl (C=O) groups excluding carboxylic acids is 1. The molecule has 104 valence electrons. The van der Waals surface area contributed by atoms with E-state index in [4.69, 9.17) is 23.2 Å². The number of halogens is 2. The molecule has 2 N–H and O–H groups in total. The minimum atomic E-state index is -0.0345. The maximum atomic E-state index is 11.9. The number of hydrogen-bond acceptors (Lipinski definition) is 3. The third-order valence-electron chi connectivity index (χ3n) is 2.94. The Morgan fingerprint density at radius 2 is 2.11 bits per heavy atom. The first kappa shape index (κ1) is 15.0. The maximum absolute atomic E-state index is 11.9. The van der Waals surface area contributed by atoms with Gasteiger partial charge in [-0.2, -0.15) is 0 Å². The van der Waals surface area contributed by atoms with Crippen LogP contribution in [0.3, 0.4) is 0 Å². The van der Waals surface area contributed by atoms with Crippen molar-refractivity contribution >= 4 is 46.6 Å². The highest BCUT2D eigenvalue weighted by molar-refractivity contribution is 8.00. The van der Waals surface area contributed by atoms with Gasteiger partial charge in [-0.05, 0) is 44.1 Å². The second-order valence-electron chi connectivity index (χ2n) is 4.43. The number of hydrogen-bond donors (Lipinski definition) is 2. The summed E-state index contributed by atoms with van der Waals surface area (Å²) in [6.45, 7) is 2.08. The molecule has 0 bridgehead atoms. The van der Waals surface area contributed by atoms with Crippen LogP contribution in [0.1, 0.15) is 12.8 Å². The van der Waals surface area contributed by atoms with Gasteiger partial charge in [0, 0.05) is 10.3 Å². The molecule has 0 saturated carbocycles. The minimum Gasteiger partial charge on any atom is -0.324 e. The number of amides is 1. The molecule has 3 nitrogen and oxygen atoms in total. The van der Waals surface area contributed by atoms with Crippen molar-refractivity contribution in [3.05, 3.63) is 28.2 Å². The van der Waals surface area contributed by atoms with Crippen molar-refractivity contribution in [3.8, 4) is 0 Å². The molecule has 1 saturated heterocycles. The predicted molar refractivity (Wildman–Crippen MR) is 83.4 cm³/mol. The Hall–Kier alpha value is -0.420. The number of thioether (sulfide) groups is 1. The number of piperidine rings is 1. The lowest BCUT2D eigenvalue weighted by Gasteiger charge is -2.21. The van der Waals surface area contributed by atoms with Crippen LogP contribution in [0.4, 0.5) is 5.69 Å². The fourth-order valence-electron chi connectivity index (χ4n) is 1.94. The Bertz CT molecular complexity index is 450. The smallest absolute Gasteiger partial charge is 0.234 e. The molecule has 0 aliphatic carbocycles. The summed E-state index contributed by atoms with van der Waals surface area (Å²) in [6, 6.07) is 5.04. The largest absolute Gasteiger partial charge is 0.324 e. The van der Waals surface area contributed by atoms with Crippen LogP contribution in [0.5, 0.6) is 0 Å². The number of carbonyl (C=O) groups is 1. The number of nitrogens with one attached hydrogen (secondary N) is 2. The molecule has 2 rings (SSSR count).